The zero-order valence-electron chi connectivity index (χ0n) is 32.6. The Morgan fingerprint density at radius 3 is 2.25 bits per heavy atom. The summed E-state index contributed by atoms with van der Waals surface area (Å²) < 4.78 is 79.3. The van der Waals surface area contributed by atoms with Crippen molar-refractivity contribution in [1.82, 2.24) is 9.80 Å². The fourth-order valence-electron chi connectivity index (χ4n) is 6.51. The number of ether oxygens (including phenoxy) is 4. The van der Waals surface area contributed by atoms with Gasteiger partial charge >= 0.3 is 6.36 Å². The number of benzene rings is 2. The molecule has 3 rings (SSSR count). The second-order valence-corrected chi connectivity index (χ2v) is 15.9. The zero-order chi connectivity index (χ0) is 40.5. The number of nitrogens with zero attached hydrogens (tertiary/aromatic N) is 2. The molecule has 53 heavy (non-hydrogen) atoms. The SMILES string of the molecule is C=C(C1C[C@@H](OCCC)CN1C(C(C)=O)(c1cc(Cl)ccc1C)C(C)/C(=C\C=C(C)C)OC)N(C)C.COc1ccc(S(C)(=O)=O)c(OC(F)(F)F)c1. The van der Waals surface area contributed by atoms with Gasteiger partial charge in [0.15, 0.2) is 21.4 Å². The minimum Gasteiger partial charge on any atom is -0.501 e. The van der Waals surface area contributed by atoms with E-state index in [0.717, 1.165) is 59.4 Å². The number of ketones is 1. The lowest BCUT2D eigenvalue weighted by Crippen LogP contribution is -2.59. The van der Waals surface area contributed by atoms with Gasteiger partial charge in [0.05, 0.1) is 26.4 Å². The second-order valence-electron chi connectivity index (χ2n) is 13.4. The lowest BCUT2D eigenvalue weighted by Gasteiger charge is -2.49. The van der Waals surface area contributed by atoms with Crippen LogP contribution in [0.2, 0.25) is 5.02 Å². The number of hydrogen-bond acceptors (Lipinski definition) is 9. The van der Waals surface area contributed by atoms with Crippen molar-refractivity contribution in [2.75, 3.05) is 47.7 Å². The summed E-state index contributed by atoms with van der Waals surface area (Å²) in [6, 6.07) is 8.82. The Morgan fingerprint density at radius 2 is 1.75 bits per heavy atom. The molecular weight excluding hydrogens is 733 g/mol. The highest BCUT2D eigenvalue weighted by molar-refractivity contribution is 7.90. The average molecular weight is 787 g/mol. The van der Waals surface area contributed by atoms with Crippen LogP contribution >= 0.6 is 11.6 Å². The highest BCUT2D eigenvalue weighted by Gasteiger charge is 2.56. The number of likely N-dealkylation sites (tertiary alicyclic amines) is 1. The number of aryl methyl sites for hydroxylation is 1. The van der Waals surface area contributed by atoms with E-state index in [1.807, 2.05) is 70.1 Å². The lowest BCUT2D eigenvalue weighted by molar-refractivity contribution is -0.275. The molecule has 2 aromatic carbocycles. The van der Waals surface area contributed by atoms with Gasteiger partial charge in [-0.05, 0) is 82.0 Å². The van der Waals surface area contributed by atoms with Gasteiger partial charge in [-0.1, -0.05) is 49.7 Å². The molecule has 1 fully saturated rings. The summed E-state index contributed by atoms with van der Waals surface area (Å²) in [7, 11) is 3.10. The number of likely N-dealkylation sites (N-methyl/N-ethyl adjacent to an activating group) is 1. The average Bonchev–Trinajstić information content (AvgIpc) is 3.48. The minimum absolute atomic E-state index is 0.00942. The Balaban J connectivity index is 0.000000477. The van der Waals surface area contributed by atoms with Crippen LogP contribution in [-0.4, -0.2) is 90.2 Å². The van der Waals surface area contributed by atoms with Gasteiger partial charge in [0.2, 0.25) is 0 Å². The maximum absolute atomic E-state index is 14.1. The Bertz CT molecular complexity index is 1760. The van der Waals surface area contributed by atoms with Crippen LogP contribution in [0, 0.1) is 12.8 Å². The molecule has 0 spiro atoms. The van der Waals surface area contributed by atoms with E-state index in [-0.39, 0.29) is 29.6 Å². The first kappa shape index (κ1) is 45.6. The van der Waals surface area contributed by atoms with Gasteiger partial charge in [-0.3, -0.25) is 9.69 Å². The van der Waals surface area contributed by atoms with Gasteiger partial charge in [-0.15, -0.1) is 13.2 Å². The van der Waals surface area contributed by atoms with Crippen molar-refractivity contribution in [3.05, 3.63) is 88.3 Å². The molecule has 0 aromatic heterocycles. The van der Waals surface area contributed by atoms with Crippen LogP contribution in [-0.2, 0) is 29.6 Å². The predicted octanol–water partition coefficient (Wildman–Crippen LogP) is 8.51. The molecule has 0 radical (unpaired) electrons. The van der Waals surface area contributed by atoms with Crippen LogP contribution in [0.4, 0.5) is 13.2 Å². The number of halogens is 4. The van der Waals surface area contributed by atoms with Crippen molar-refractivity contribution < 1.29 is 45.3 Å². The number of allylic oxidation sites excluding steroid dienone is 3. The molecule has 296 valence electrons. The first-order valence-electron chi connectivity index (χ1n) is 17.1. The molecule has 0 amide bonds. The number of hydrogen-bond donors (Lipinski definition) is 0. The number of alkyl halides is 3. The molecule has 1 aliphatic heterocycles. The van der Waals surface area contributed by atoms with E-state index in [1.165, 1.54) is 13.2 Å². The van der Waals surface area contributed by atoms with Crippen molar-refractivity contribution in [2.45, 2.75) is 83.3 Å². The largest absolute Gasteiger partial charge is 0.573 e. The van der Waals surface area contributed by atoms with Crippen LogP contribution in [0.25, 0.3) is 0 Å². The van der Waals surface area contributed by atoms with E-state index < -0.39 is 32.4 Å². The van der Waals surface area contributed by atoms with Gasteiger partial charge in [0.25, 0.3) is 0 Å². The van der Waals surface area contributed by atoms with E-state index in [9.17, 15) is 26.4 Å². The molecule has 3 unspecified atom stereocenters. The smallest absolute Gasteiger partial charge is 0.501 e. The van der Waals surface area contributed by atoms with Crippen LogP contribution in [0.1, 0.15) is 58.6 Å². The van der Waals surface area contributed by atoms with E-state index in [2.05, 4.69) is 30.1 Å². The van der Waals surface area contributed by atoms with Gasteiger partial charge < -0.3 is 23.8 Å². The highest BCUT2D eigenvalue weighted by atomic mass is 35.5. The minimum atomic E-state index is -4.97. The quantitative estimate of drug-likeness (QED) is 0.130. The van der Waals surface area contributed by atoms with Crippen LogP contribution in [0.5, 0.6) is 11.5 Å². The Hall–Kier alpha value is -3.52. The number of carbonyl (C=O) groups excluding carboxylic acids is 1. The van der Waals surface area contributed by atoms with Crippen molar-refractivity contribution in [3.63, 3.8) is 0 Å². The van der Waals surface area contributed by atoms with Crippen LogP contribution < -0.4 is 9.47 Å². The summed E-state index contributed by atoms with van der Waals surface area (Å²) in [5.74, 6) is -0.280. The summed E-state index contributed by atoms with van der Waals surface area (Å²) in [6.07, 6.45) is 1.52. The van der Waals surface area contributed by atoms with Crippen LogP contribution in [0.15, 0.2) is 77.1 Å². The fraction of sp³-hybridized carbons (Fsp3) is 0.513. The van der Waals surface area contributed by atoms with Crippen molar-refractivity contribution in [3.8, 4) is 11.5 Å². The summed E-state index contributed by atoms with van der Waals surface area (Å²) in [5.41, 5.74) is 2.95. The van der Waals surface area contributed by atoms with E-state index in [1.54, 1.807) is 14.0 Å². The first-order chi connectivity index (χ1) is 24.5. The maximum atomic E-state index is 14.1. The molecule has 1 heterocycles. The standard InChI is InChI=1S/C30H45ClN2O3.C9H9F3O4S/c1-11-16-36-26-18-28(23(6)32(8)9)33(19-26)30(24(7)34,27-17-25(31)14-13-21(27)4)22(5)29(35-10)15-12-20(2)3;1-15-6-3-4-8(17(2,13)14)7(5-6)16-9(10,11)12/h12-15,17,22,26,28H,6,11,16,18-19H2,1-5,7-10H3;3-5H,1-2H3/b29-15+;/t22?,26-,28?,30?;/m1./s1. The molecule has 0 bridgehead atoms. The van der Waals surface area contributed by atoms with Gasteiger partial charge in [0, 0.05) is 56.2 Å². The molecule has 0 aliphatic carbocycles. The zero-order valence-corrected chi connectivity index (χ0v) is 34.1. The van der Waals surface area contributed by atoms with Crippen LogP contribution in [0.3, 0.4) is 0 Å². The number of rotatable bonds is 15. The summed E-state index contributed by atoms with van der Waals surface area (Å²) in [5, 5.41) is 0.599. The number of methoxy groups -OCH3 is 2. The highest BCUT2D eigenvalue weighted by Crippen LogP contribution is 2.48. The number of carbonyl (C=O) groups is 1. The third kappa shape index (κ3) is 11.7. The first-order valence-corrected chi connectivity index (χ1v) is 19.4. The molecule has 0 N–H and O–H groups in total. The molecule has 14 heteroatoms. The molecule has 0 saturated carbocycles. The molecular formula is C39H54ClF3N2O7S. The Kier molecular flexibility index (Phi) is 16.5. The van der Waals surface area contributed by atoms with Crippen molar-refractivity contribution in [2.24, 2.45) is 5.92 Å². The molecule has 4 atom stereocenters. The lowest BCUT2D eigenvalue weighted by atomic mass is 9.71. The second kappa shape index (κ2) is 19.2. The van der Waals surface area contributed by atoms with Gasteiger partial charge in [-0.25, -0.2) is 8.42 Å². The molecule has 2 aromatic rings. The monoisotopic (exact) mass is 786 g/mol. The summed E-state index contributed by atoms with van der Waals surface area (Å²) in [4.78, 5) is 17.9. The number of sulfone groups is 1. The maximum Gasteiger partial charge on any atom is 0.573 e. The van der Waals surface area contributed by atoms with E-state index >= 15 is 0 Å². The number of Topliss-reactive ketones (excluding diaryl/α,β-unsaturated/α-hetero) is 1. The Morgan fingerprint density at radius 1 is 1.11 bits per heavy atom. The van der Waals surface area contributed by atoms with Gasteiger partial charge in [-0.2, -0.15) is 0 Å². The molecule has 1 aliphatic rings. The predicted molar refractivity (Wildman–Crippen MR) is 203 cm³/mol. The fourth-order valence-corrected chi connectivity index (χ4v) is 7.47. The van der Waals surface area contributed by atoms with E-state index in [0.29, 0.717) is 18.2 Å². The summed E-state index contributed by atoms with van der Waals surface area (Å²) in [6.45, 7) is 17.7. The van der Waals surface area contributed by atoms with Crippen molar-refractivity contribution in [1.29, 1.82) is 0 Å². The Labute approximate surface area is 318 Å². The third-order valence-electron chi connectivity index (χ3n) is 9.03. The normalized spacial score (nSPS) is 18.2. The topological polar surface area (TPSA) is 94.6 Å². The van der Waals surface area contributed by atoms with E-state index in [4.69, 9.17) is 25.8 Å². The summed E-state index contributed by atoms with van der Waals surface area (Å²) >= 11 is 6.57. The third-order valence-corrected chi connectivity index (χ3v) is 10.4. The molecule has 1 saturated heterocycles. The molecule has 9 nitrogen and oxygen atoms in total. The van der Waals surface area contributed by atoms with Gasteiger partial charge in [0.1, 0.15) is 21.9 Å². The van der Waals surface area contributed by atoms with Crippen molar-refractivity contribution >= 4 is 27.2 Å².